The van der Waals surface area contributed by atoms with Crippen molar-refractivity contribution in [3.63, 3.8) is 0 Å². The summed E-state index contributed by atoms with van der Waals surface area (Å²) in [6.07, 6.45) is 2.20. The van der Waals surface area contributed by atoms with Gasteiger partial charge in [-0.15, -0.1) is 0 Å². The summed E-state index contributed by atoms with van der Waals surface area (Å²) in [6.45, 7) is 4.22. The Bertz CT molecular complexity index is 603. The van der Waals surface area contributed by atoms with Crippen molar-refractivity contribution in [2.75, 3.05) is 0 Å². The van der Waals surface area contributed by atoms with E-state index < -0.39 is 0 Å². The molecule has 1 aliphatic carbocycles. The summed E-state index contributed by atoms with van der Waals surface area (Å²) in [6, 6.07) is 10.8. The van der Waals surface area contributed by atoms with Gasteiger partial charge in [0, 0.05) is 29.9 Å². The van der Waals surface area contributed by atoms with E-state index in [4.69, 9.17) is 0 Å². The molecule has 0 radical (unpaired) electrons. The minimum Gasteiger partial charge on any atom is -0.319 e. The highest BCUT2D eigenvalue weighted by Crippen LogP contribution is 2.24. The van der Waals surface area contributed by atoms with Gasteiger partial charge in [-0.3, -0.25) is 4.79 Å². The van der Waals surface area contributed by atoms with Gasteiger partial charge in [0.15, 0.2) is 0 Å². The van der Waals surface area contributed by atoms with Crippen LogP contribution in [0.2, 0.25) is 0 Å². The third kappa shape index (κ3) is 1.78. The van der Waals surface area contributed by atoms with Crippen LogP contribution in [0.3, 0.4) is 0 Å². The van der Waals surface area contributed by atoms with Crippen molar-refractivity contribution in [2.45, 2.75) is 33.1 Å². The molecule has 0 spiro atoms. The van der Waals surface area contributed by atoms with Gasteiger partial charge < -0.3 is 4.57 Å². The molecular formula is C16H17NO. The molecule has 0 saturated carbocycles. The maximum absolute atomic E-state index is 11.6. The molecule has 0 amide bonds. The lowest BCUT2D eigenvalue weighted by Gasteiger charge is -2.17. The lowest BCUT2D eigenvalue weighted by molar-refractivity contribution is -0.118. The van der Waals surface area contributed by atoms with Crippen LogP contribution in [0.15, 0.2) is 30.3 Å². The van der Waals surface area contributed by atoms with Crippen LogP contribution in [0.25, 0.3) is 5.69 Å². The second-order valence-electron chi connectivity index (χ2n) is 5.12. The number of aromatic nitrogens is 1. The third-order valence-electron chi connectivity index (χ3n) is 3.78. The quantitative estimate of drug-likeness (QED) is 0.749. The molecule has 1 aromatic heterocycles. The first-order valence-corrected chi connectivity index (χ1v) is 6.44. The van der Waals surface area contributed by atoms with Crippen molar-refractivity contribution in [2.24, 2.45) is 0 Å². The molecule has 2 heteroatoms. The van der Waals surface area contributed by atoms with Crippen molar-refractivity contribution in [1.82, 2.24) is 4.57 Å². The van der Waals surface area contributed by atoms with Crippen LogP contribution in [0.4, 0.5) is 0 Å². The number of carbonyl (C=O) groups is 1. The highest BCUT2D eigenvalue weighted by molar-refractivity contribution is 5.83. The molecule has 1 aromatic carbocycles. The number of aryl methyl sites for hydroxylation is 3. The third-order valence-corrected chi connectivity index (χ3v) is 3.78. The Balaban J connectivity index is 2.10. The lowest BCUT2D eigenvalue weighted by Crippen LogP contribution is -2.14. The molecule has 92 valence electrons. The van der Waals surface area contributed by atoms with E-state index in [0.29, 0.717) is 18.6 Å². The van der Waals surface area contributed by atoms with Crippen LogP contribution in [0.5, 0.6) is 0 Å². The average Bonchev–Trinajstić information content (AvgIpc) is 2.68. The van der Waals surface area contributed by atoms with Gasteiger partial charge in [-0.1, -0.05) is 6.07 Å². The molecule has 1 heterocycles. The predicted octanol–water partition coefficient (Wildman–Crippen LogP) is 3.15. The molecule has 18 heavy (non-hydrogen) atoms. The van der Waals surface area contributed by atoms with Gasteiger partial charge in [0.25, 0.3) is 0 Å². The maximum atomic E-state index is 11.6. The number of nitrogens with zero attached hydrogens (tertiary/aromatic N) is 1. The zero-order valence-corrected chi connectivity index (χ0v) is 10.9. The van der Waals surface area contributed by atoms with E-state index in [0.717, 1.165) is 6.42 Å². The first-order valence-electron chi connectivity index (χ1n) is 6.44. The summed E-state index contributed by atoms with van der Waals surface area (Å²) >= 11 is 0. The molecule has 2 aromatic rings. The maximum Gasteiger partial charge on any atom is 0.137 e. The molecule has 0 bridgehead atoms. The van der Waals surface area contributed by atoms with Gasteiger partial charge in [0.05, 0.1) is 0 Å². The minimum atomic E-state index is 0.362. The molecular weight excluding hydrogens is 222 g/mol. The normalized spacial score (nSPS) is 14.7. The Morgan fingerprint density at radius 2 is 1.67 bits per heavy atom. The SMILES string of the molecule is Cc1ccc(C)n1-c1ccc2c(c1)CC(=O)CC2. The molecule has 0 fully saturated rings. The first kappa shape index (κ1) is 11.3. The predicted molar refractivity (Wildman–Crippen MR) is 72.3 cm³/mol. The van der Waals surface area contributed by atoms with Crippen LogP contribution >= 0.6 is 0 Å². The number of carbonyl (C=O) groups excluding carboxylic acids is 1. The van der Waals surface area contributed by atoms with E-state index in [1.165, 1.54) is 28.2 Å². The second-order valence-corrected chi connectivity index (χ2v) is 5.12. The molecule has 0 unspecified atom stereocenters. The smallest absolute Gasteiger partial charge is 0.137 e. The van der Waals surface area contributed by atoms with Crippen LogP contribution in [0, 0.1) is 13.8 Å². The van der Waals surface area contributed by atoms with Crippen LogP contribution < -0.4 is 0 Å². The number of ketones is 1. The number of rotatable bonds is 1. The largest absolute Gasteiger partial charge is 0.319 e. The fraction of sp³-hybridized carbons (Fsp3) is 0.312. The number of Topliss-reactive ketones (excluding diaryl/α,β-unsaturated/α-hetero) is 1. The molecule has 0 saturated heterocycles. The van der Waals surface area contributed by atoms with Crippen molar-refractivity contribution in [3.05, 3.63) is 52.8 Å². The number of hydrogen-bond acceptors (Lipinski definition) is 1. The zero-order chi connectivity index (χ0) is 12.7. The molecule has 0 aliphatic heterocycles. The highest BCUT2D eigenvalue weighted by atomic mass is 16.1. The topological polar surface area (TPSA) is 22.0 Å². The zero-order valence-electron chi connectivity index (χ0n) is 10.9. The summed E-state index contributed by atoms with van der Waals surface area (Å²) in [5, 5.41) is 0. The Hall–Kier alpha value is -1.83. The first-order chi connectivity index (χ1) is 8.65. The Labute approximate surface area is 107 Å². The summed E-state index contributed by atoms with van der Waals surface area (Å²) in [4.78, 5) is 11.6. The van der Waals surface area contributed by atoms with Crippen LogP contribution in [0.1, 0.15) is 28.9 Å². The van der Waals surface area contributed by atoms with Crippen molar-refractivity contribution >= 4 is 5.78 Å². The standard InChI is InChI=1S/C16H17NO/c1-11-3-4-12(2)17(11)15-7-5-13-6-8-16(18)10-14(13)9-15/h3-5,7,9H,6,8,10H2,1-2H3. The minimum absolute atomic E-state index is 0.362. The lowest BCUT2D eigenvalue weighted by atomic mass is 9.90. The summed E-state index contributed by atoms with van der Waals surface area (Å²) < 4.78 is 2.24. The van der Waals surface area contributed by atoms with Crippen molar-refractivity contribution < 1.29 is 4.79 Å². The van der Waals surface area contributed by atoms with E-state index in [1.54, 1.807) is 0 Å². The molecule has 2 nitrogen and oxygen atoms in total. The summed E-state index contributed by atoms with van der Waals surface area (Å²) in [7, 11) is 0. The Kier molecular flexibility index (Phi) is 2.58. The number of fused-ring (bicyclic) bond motifs is 1. The number of hydrogen-bond donors (Lipinski definition) is 0. The van der Waals surface area contributed by atoms with Gasteiger partial charge in [0.2, 0.25) is 0 Å². The van der Waals surface area contributed by atoms with E-state index >= 15 is 0 Å². The van der Waals surface area contributed by atoms with Crippen LogP contribution in [-0.2, 0) is 17.6 Å². The highest BCUT2D eigenvalue weighted by Gasteiger charge is 2.16. The van der Waals surface area contributed by atoms with Gasteiger partial charge in [-0.05, 0) is 55.7 Å². The van der Waals surface area contributed by atoms with Crippen molar-refractivity contribution in [1.29, 1.82) is 0 Å². The fourth-order valence-corrected chi connectivity index (χ4v) is 2.81. The van der Waals surface area contributed by atoms with Crippen LogP contribution in [-0.4, -0.2) is 10.4 Å². The van der Waals surface area contributed by atoms with E-state index in [9.17, 15) is 4.79 Å². The van der Waals surface area contributed by atoms with Gasteiger partial charge in [0.1, 0.15) is 5.78 Å². The second kappa shape index (κ2) is 4.13. The monoisotopic (exact) mass is 239 g/mol. The summed E-state index contributed by atoms with van der Waals surface area (Å²) in [5.74, 6) is 0.362. The average molecular weight is 239 g/mol. The number of benzene rings is 1. The van der Waals surface area contributed by atoms with Gasteiger partial charge >= 0.3 is 0 Å². The Morgan fingerprint density at radius 1 is 0.944 bits per heavy atom. The summed E-state index contributed by atoms with van der Waals surface area (Å²) in [5.41, 5.74) is 6.17. The molecule has 3 rings (SSSR count). The fourth-order valence-electron chi connectivity index (χ4n) is 2.81. The van der Waals surface area contributed by atoms with Gasteiger partial charge in [-0.2, -0.15) is 0 Å². The van der Waals surface area contributed by atoms with E-state index in [1.807, 2.05) is 0 Å². The molecule has 0 N–H and O–H groups in total. The molecule has 0 atom stereocenters. The van der Waals surface area contributed by atoms with E-state index in [-0.39, 0.29) is 0 Å². The van der Waals surface area contributed by atoms with Crippen molar-refractivity contribution in [3.8, 4) is 5.69 Å². The van der Waals surface area contributed by atoms with E-state index in [2.05, 4.69) is 48.7 Å². The Morgan fingerprint density at radius 3 is 2.39 bits per heavy atom. The molecule has 1 aliphatic rings. The van der Waals surface area contributed by atoms with Gasteiger partial charge in [-0.25, -0.2) is 0 Å².